The lowest BCUT2D eigenvalue weighted by atomic mass is 10.1. The van der Waals surface area contributed by atoms with E-state index in [9.17, 15) is 4.79 Å². The summed E-state index contributed by atoms with van der Waals surface area (Å²) in [4.78, 5) is 13.5. The third-order valence-electron chi connectivity index (χ3n) is 2.89. The van der Waals surface area contributed by atoms with Crippen LogP contribution in [0, 0.1) is 0 Å². The molecule has 0 atom stereocenters. The first kappa shape index (κ1) is 14.3. The average Bonchev–Trinajstić information content (AvgIpc) is 2.29. The van der Waals surface area contributed by atoms with Crippen molar-refractivity contribution in [3.8, 4) is 0 Å². The topological polar surface area (TPSA) is 38.8 Å². The van der Waals surface area contributed by atoms with E-state index in [-0.39, 0.29) is 12.2 Å². The molecule has 0 unspecified atom stereocenters. The summed E-state index contributed by atoms with van der Waals surface area (Å²) in [5.74, 6) is 0. The van der Waals surface area contributed by atoms with Gasteiger partial charge in [-0.15, -0.1) is 0 Å². The van der Waals surface area contributed by atoms with Gasteiger partial charge in [-0.1, -0.05) is 13.3 Å². The van der Waals surface area contributed by atoms with E-state index in [1.807, 2.05) is 13.8 Å². The molecule has 0 radical (unpaired) electrons. The van der Waals surface area contributed by atoms with Crippen molar-refractivity contribution in [2.24, 2.45) is 0 Å². The molecule has 0 aromatic carbocycles. The Bertz CT molecular complexity index is 223. The van der Waals surface area contributed by atoms with Crippen LogP contribution in [0.1, 0.15) is 46.5 Å². The minimum absolute atomic E-state index is 0.165. The fourth-order valence-electron chi connectivity index (χ4n) is 1.95. The van der Waals surface area contributed by atoms with Gasteiger partial charge in [0.25, 0.3) is 0 Å². The van der Waals surface area contributed by atoms with Crippen LogP contribution in [-0.2, 0) is 9.47 Å². The molecule has 0 N–H and O–H groups in total. The van der Waals surface area contributed by atoms with Gasteiger partial charge in [0.1, 0.15) is 0 Å². The quantitative estimate of drug-likeness (QED) is 0.697. The van der Waals surface area contributed by atoms with Crippen molar-refractivity contribution < 1.29 is 14.3 Å². The number of piperidine rings is 1. The molecule has 1 fully saturated rings. The monoisotopic (exact) mass is 243 g/mol. The van der Waals surface area contributed by atoms with Crippen LogP contribution in [0.25, 0.3) is 0 Å². The van der Waals surface area contributed by atoms with E-state index < -0.39 is 0 Å². The van der Waals surface area contributed by atoms with Gasteiger partial charge in [0.05, 0.1) is 18.8 Å². The highest BCUT2D eigenvalue weighted by molar-refractivity contribution is 5.67. The molecular formula is C13H25NO3. The molecule has 1 aliphatic rings. The Labute approximate surface area is 104 Å². The maximum atomic E-state index is 11.7. The van der Waals surface area contributed by atoms with Crippen molar-refractivity contribution in [2.75, 3.05) is 19.7 Å². The summed E-state index contributed by atoms with van der Waals surface area (Å²) < 4.78 is 10.9. The zero-order valence-electron chi connectivity index (χ0n) is 11.3. The van der Waals surface area contributed by atoms with Crippen LogP contribution in [0.2, 0.25) is 0 Å². The van der Waals surface area contributed by atoms with Crippen LogP contribution < -0.4 is 0 Å². The van der Waals surface area contributed by atoms with Crippen molar-refractivity contribution in [3.05, 3.63) is 0 Å². The average molecular weight is 243 g/mol. The molecule has 17 heavy (non-hydrogen) atoms. The largest absolute Gasteiger partial charge is 0.449 e. The number of nitrogens with zero attached hydrogens (tertiary/aromatic N) is 1. The zero-order chi connectivity index (χ0) is 12.7. The summed E-state index contributed by atoms with van der Waals surface area (Å²) in [6.07, 6.45) is 4.23. The van der Waals surface area contributed by atoms with Crippen LogP contribution >= 0.6 is 0 Å². The fraction of sp³-hybridized carbons (Fsp3) is 0.923. The second kappa shape index (κ2) is 7.54. The maximum Gasteiger partial charge on any atom is 0.409 e. The van der Waals surface area contributed by atoms with E-state index in [0.29, 0.717) is 12.7 Å². The second-order valence-corrected chi connectivity index (χ2v) is 4.84. The van der Waals surface area contributed by atoms with Crippen LogP contribution in [0.5, 0.6) is 0 Å². The first-order chi connectivity index (χ1) is 8.13. The number of unbranched alkanes of at least 4 members (excludes halogenated alkanes) is 1. The van der Waals surface area contributed by atoms with Gasteiger partial charge in [0.15, 0.2) is 0 Å². The van der Waals surface area contributed by atoms with Crippen molar-refractivity contribution in [1.29, 1.82) is 0 Å². The van der Waals surface area contributed by atoms with Gasteiger partial charge in [-0.3, -0.25) is 0 Å². The predicted octanol–water partition coefficient (Wildman–Crippen LogP) is 2.81. The smallest absolute Gasteiger partial charge is 0.409 e. The number of ether oxygens (including phenoxy) is 2. The molecule has 0 aromatic heterocycles. The van der Waals surface area contributed by atoms with Crippen molar-refractivity contribution >= 4 is 6.09 Å². The van der Waals surface area contributed by atoms with E-state index in [1.54, 1.807) is 4.90 Å². The van der Waals surface area contributed by atoms with Gasteiger partial charge in [-0.05, 0) is 33.1 Å². The van der Waals surface area contributed by atoms with Gasteiger partial charge in [-0.25, -0.2) is 4.79 Å². The van der Waals surface area contributed by atoms with Crippen LogP contribution in [0.3, 0.4) is 0 Å². The highest BCUT2D eigenvalue weighted by Gasteiger charge is 2.24. The maximum absolute atomic E-state index is 11.7. The number of hydrogen-bond acceptors (Lipinski definition) is 3. The molecule has 0 aliphatic carbocycles. The third kappa shape index (κ3) is 5.39. The summed E-state index contributed by atoms with van der Waals surface area (Å²) in [7, 11) is 0. The van der Waals surface area contributed by atoms with E-state index in [4.69, 9.17) is 9.47 Å². The molecule has 1 aliphatic heterocycles. The Morgan fingerprint density at radius 3 is 2.53 bits per heavy atom. The van der Waals surface area contributed by atoms with Gasteiger partial charge < -0.3 is 14.4 Å². The Morgan fingerprint density at radius 1 is 1.35 bits per heavy atom. The Balaban J connectivity index is 2.19. The molecule has 4 nitrogen and oxygen atoms in total. The summed E-state index contributed by atoms with van der Waals surface area (Å²) in [6, 6.07) is 0. The molecule has 1 heterocycles. The SMILES string of the molecule is CCCCOC(=O)N1CCC(OC(C)C)CC1. The van der Waals surface area contributed by atoms with E-state index in [1.165, 1.54) is 0 Å². The summed E-state index contributed by atoms with van der Waals surface area (Å²) in [5, 5.41) is 0. The Kier molecular flexibility index (Phi) is 6.34. The molecule has 0 bridgehead atoms. The molecule has 4 heteroatoms. The molecule has 0 saturated carbocycles. The van der Waals surface area contributed by atoms with Crippen LogP contribution in [-0.4, -0.2) is 42.9 Å². The van der Waals surface area contributed by atoms with Gasteiger partial charge in [0.2, 0.25) is 0 Å². The van der Waals surface area contributed by atoms with Crippen LogP contribution in [0.15, 0.2) is 0 Å². The Hall–Kier alpha value is -0.770. The number of amides is 1. The summed E-state index contributed by atoms with van der Waals surface area (Å²) >= 11 is 0. The molecule has 0 spiro atoms. The van der Waals surface area contributed by atoms with Crippen molar-refractivity contribution in [3.63, 3.8) is 0 Å². The lowest BCUT2D eigenvalue weighted by molar-refractivity contribution is -0.0260. The second-order valence-electron chi connectivity index (χ2n) is 4.84. The van der Waals surface area contributed by atoms with Gasteiger partial charge >= 0.3 is 6.09 Å². The summed E-state index contributed by atoms with van der Waals surface area (Å²) in [6.45, 7) is 8.22. The number of carbonyl (C=O) groups is 1. The first-order valence-electron chi connectivity index (χ1n) is 6.70. The number of likely N-dealkylation sites (tertiary alicyclic amines) is 1. The molecule has 1 amide bonds. The standard InChI is InChI=1S/C13H25NO3/c1-4-5-10-16-13(15)14-8-6-12(7-9-14)17-11(2)3/h11-12H,4-10H2,1-3H3. The minimum Gasteiger partial charge on any atom is -0.449 e. The molecule has 0 aromatic rings. The third-order valence-corrected chi connectivity index (χ3v) is 2.89. The minimum atomic E-state index is -0.165. The van der Waals surface area contributed by atoms with Gasteiger partial charge in [0, 0.05) is 13.1 Å². The van der Waals surface area contributed by atoms with E-state index in [0.717, 1.165) is 38.8 Å². The zero-order valence-corrected chi connectivity index (χ0v) is 11.3. The van der Waals surface area contributed by atoms with Gasteiger partial charge in [-0.2, -0.15) is 0 Å². The Morgan fingerprint density at radius 2 is 2.00 bits per heavy atom. The van der Waals surface area contributed by atoms with E-state index in [2.05, 4.69) is 6.92 Å². The molecule has 100 valence electrons. The highest BCUT2D eigenvalue weighted by atomic mass is 16.6. The lowest BCUT2D eigenvalue weighted by Gasteiger charge is -2.32. The first-order valence-corrected chi connectivity index (χ1v) is 6.70. The lowest BCUT2D eigenvalue weighted by Crippen LogP contribution is -2.41. The van der Waals surface area contributed by atoms with Crippen molar-refractivity contribution in [2.45, 2.75) is 58.7 Å². The highest BCUT2D eigenvalue weighted by Crippen LogP contribution is 2.16. The summed E-state index contributed by atoms with van der Waals surface area (Å²) in [5.41, 5.74) is 0. The molecular weight excluding hydrogens is 218 g/mol. The predicted molar refractivity (Wildman–Crippen MR) is 67.1 cm³/mol. The normalized spacial score (nSPS) is 17.5. The molecule has 1 rings (SSSR count). The number of carbonyl (C=O) groups excluding carboxylic acids is 1. The van der Waals surface area contributed by atoms with E-state index >= 15 is 0 Å². The number of hydrogen-bond donors (Lipinski definition) is 0. The van der Waals surface area contributed by atoms with Crippen molar-refractivity contribution in [1.82, 2.24) is 4.90 Å². The fourth-order valence-corrected chi connectivity index (χ4v) is 1.95. The van der Waals surface area contributed by atoms with Crippen LogP contribution in [0.4, 0.5) is 4.79 Å². The number of rotatable bonds is 5. The molecule has 1 saturated heterocycles.